The Morgan fingerprint density at radius 1 is 1.54 bits per heavy atom. The van der Waals surface area contributed by atoms with Crippen molar-refractivity contribution < 1.29 is 0 Å². The summed E-state index contributed by atoms with van der Waals surface area (Å²) in [6, 6.07) is 0.207. The molecule has 0 amide bonds. The Labute approximate surface area is 81.1 Å². The average molecular weight is 197 g/mol. The van der Waals surface area contributed by atoms with E-state index in [1.54, 1.807) is 6.20 Å². The molecule has 0 saturated carbocycles. The van der Waals surface area contributed by atoms with Gasteiger partial charge in [0.2, 0.25) is 5.28 Å². The van der Waals surface area contributed by atoms with Crippen LogP contribution in [0.1, 0.15) is 13.8 Å². The molecule has 2 rings (SSSR count). The molecule has 1 aromatic heterocycles. The molecule has 2 heterocycles. The topological polar surface area (TPSA) is 50.2 Å². The first-order chi connectivity index (χ1) is 6.16. The Morgan fingerprint density at radius 3 is 3.08 bits per heavy atom. The molecule has 1 N–H and O–H groups in total. The van der Waals surface area contributed by atoms with Crippen molar-refractivity contribution in [1.29, 1.82) is 0 Å². The van der Waals surface area contributed by atoms with Gasteiger partial charge in [-0.2, -0.15) is 4.98 Å². The first kappa shape index (κ1) is 8.44. The van der Waals surface area contributed by atoms with Crippen LogP contribution in [0.2, 0.25) is 5.28 Å². The predicted octanol–water partition coefficient (Wildman–Crippen LogP) is 2.04. The Kier molecular flexibility index (Phi) is 1.92. The fourth-order valence-electron chi connectivity index (χ4n) is 1.14. The van der Waals surface area contributed by atoms with Gasteiger partial charge in [-0.1, -0.05) is 0 Å². The number of nitrogens with one attached hydrogen (secondary N) is 1. The highest BCUT2D eigenvalue weighted by Crippen LogP contribution is 2.27. The van der Waals surface area contributed by atoms with E-state index in [0.717, 1.165) is 11.4 Å². The van der Waals surface area contributed by atoms with E-state index in [4.69, 9.17) is 11.6 Å². The molecule has 1 atom stereocenters. The average Bonchev–Trinajstić information content (AvgIpc) is 2.08. The third-order valence-corrected chi connectivity index (χ3v) is 2.20. The van der Waals surface area contributed by atoms with Crippen molar-refractivity contribution in [1.82, 2.24) is 9.97 Å². The van der Waals surface area contributed by atoms with Crippen molar-refractivity contribution in [2.45, 2.75) is 19.9 Å². The number of hydrogen-bond donors (Lipinski definition) is 1. The number of anilines is 1. The van der Waals surface area contributed by atoms with Crippen LogP contribution >= 0.6 is 11.6 Å². The van der Waals surface area contributed by atoms with Gasteiger partial charge in [-0.3, -0.25) is 4.99 Å². The van der Waals surface area contributed by atoms with Crippen molar-refractivity contribution in [2.75, 3.05) is 5.32 Å². The Balaban J connectivity index is 2.50. The summed E-state index contributed by atoms with van der Waals surface area (Å²) in [5.41, 5.74) is 1.78. The lowest BCUT2D eigenvalue weighted by Crippen LogP contribution is -2.27. The van der Waals surface area contributed by atoms with Gasteiger partial charge in [0.25, 0.3) is 0 Å². The third kappa shape index (κ3) is 1.49. The van der Waals surface area contributed by atoms with Crippen molar-refractivity contribution in [2.24, 2.45) is 4.99 Å². The van der Waals surface area contributed by atoms with E-state index in [1.165, 1.54) is 0 Å². The van der Waals surface area contributed by atoms with Crippen LogP contribution in [0.15, 0.2) is 11.2 Å². The van der Waals surface area contributed by atoms with Gasteiger partial charge in [0.05, 0.1) is 12.2 Å². The summed E-state index contributed by atoms with van der Waals surface area (Å²) in [6.07, 6.45) is 1.62. The van der Waals surface area contributed by atoms with E-state index < -0.39 is 0 Å². The van der Waals surface area contributed by atoms with Crippen LogP contribution in [0, 0.1) is 0 Å². The largest absolute Gasteiger partial charge is 0.360 e. The van der Waals surface area contributed by atoms with Crippen LogP contribution in [-0.2, 0) is 0 Å². The molecule has 0 saturated heterocycles. The van der Waals surface area contributed by atoms with E-state index >= 15 is 0 Å². The summed E-state index contributed by atoms with van der Waals surface area (Å²) in [5.74, 6) is 0.707. The fraction of sp³-hybridized carbons (Fsp3) is 0.375. The Bertz CT molecular complexity index is 374. The lowest BCUT2D eigenvalue weighted by molar-refractivity contribution is 0.983. The molecule has 1 aromatic rings. The van der Waals surface area contributed by atoms with Crippen LogP contribution in [-0.4, -0.2) is 21.7 Å². The first-order valence-corrected chi connectivity index (χ1v) is 4.39. The smallest absolute Gasteiger partial charge is 0.224 e. The maximum absolute atomic E-state index is 5.65. The molecule has 5 heteroatoms. The number of rotatable bonds is 0. The van der Waals surface area contributed by atoms with Crippen LogP contribution in [0.5, 0.6) is 0 Å². The van der Waals surface area contributed by atoms with Crippen molar-refractivity contribution in [3.8, 4) is 0 Å². The third-order valence-electron chi connectivity index (χ3n) is 2.02. The second-order valence-corrected chi connectivity index (χ2v) is 3.33. The lowest BCUT2D eigenvalue weighted by Gasteiger charge is -2.20. The number of fused-ring (bicyclic) bond motifs is 1. The zero-order chi connectivity index (χ0) is 9.42. The molecule has 0 fully saturated rings. The number of nitrogens with zero attached hydrogens (tertiary/aromatic N) is 3. The molecule has 1 unspecified atom stereocenters. The summed E-state index contributed by atoms with van der Waals surface area (Å²) in [5, 5.41) is 3.43. The van der Waals surface area contributed by atoms with E-state index in [1.807, 2.05) is 13.8 Å². The monoisotopic (exact) mass is 196 g/mol. The minimum absolute atomic E-state index is 0.207. The number of aliphatic imine (C=N–C) groups is 1. The Morgan fingerprint density at radius 2 is 2.31 bits per heavy atom. The van der Waals surface area contributed by atoms with E-state index in [-0.39, 0.29) is 11.3 Å². The van der Waals surface area contributed by atoms with Crippen molar-refractivity contribution in [3.05, 3.63) is 11.5 Å². The van der Waals surface area contributed by atoms with Gasteiger partial charge in [0.15, 0.2) is 5.82 Å². The maximum atomic E-state index is 5.65. The molecule has 1 aliphatic heterocycles. The molecule has 68 valence electrons. The van der Waals surface area contributed by atoms with E-state index in [9.17, 15) is 0 Å². The number of aromatic nitrogens is 2. The Hall–Kier alpha value is -1.16. The number of hydrogen-bond acceptors (Lipinski definition) is 4. The van der Waals surface area contributed by atoms with Gasteiger partial charge in [0, 0.05) is 5.71 Å². The van der Waals surface area contributed by atoms with Crippen LogP contribution in [0.3, 0.4) is 0 Å². The van der Waals surface area contributed by atoms with Gasteiger partial charge in [-0.05, 0) is 25.4 Å². The highest BCUT2D eigenvalue weighted by Gasteiger charge is 2.16. The van der Waals surface area contributed by atoms with Crippen molar-refractivity contribution >= 4 is 28.8 Å². The molecular formula is C8H9ClN4. The summed E-state index contributed by atoms with van der Waals surface area (Å²) < 4.78 is 0. The van der Waals surface area contributed by atoms with E-state index in [2.05, 4.69) is 20.3 Å². The first-order valence-electron chi connectivity index (χ1n) is 4.01. The quantitative estimate of drug-likeness (QED) is 0.646. The second-order valence-electron chi connectivity index (χ2n) is 2.99. The molecule has 1 aliphatic rings. The number of halogens is 1. The molecular weight excluding hydrogens is 188 g/mol. The van der Waals surface area contributed by atoms with E-state index in [0.29, 0.717) is 5.82 Å². The van der Waals surface area contributed by atoms with Crippen molar-refractivity contribution in [3.63, 3.8) is 0 Å². The van der Waals surface area contributed by atoms with Crippen LogP contribution < -0.4 is 5.32 Å². The van der Waals surface area contributed by atoms with Gasteiger partial charge < -0.3 is 5.32 Å². The second kappa shape index (κ2) is 2.96. The molecule has 0 aromatic carbocycles. The molecule has 0 spiro atoms. The minimum atomic E-state index is 0.207. The van der Waals surface area contributed by atoms with Crippen LogP contribution in [0.25, 0.3) is 0 Å². The zero-order valence-electron chi connectivity index (χ0n) is 7.37. The zero-order valence-corrected chi connectivity index (χ0v) is 8.13. The van der Waals surface area contributed by atoms with Crippen LogP contribution in [0.4, 0.5) is 11.5 Å². The maximum Gasteiger partial charge on any atom is 0.224 e. The summed E-state index contributed by atoms with van der Waals surface area (Å²) in [4.78, 5) is 12.2. The highest BCUT2D eigenvalue weighted by molar-refractivity contribution is 6.28. The molecule has 0 aliphatic carbocycles. The van der Waals surface area contributed by atoms with Gasteiger partial charge in [-0.15, -0.1) is 0 Å². The minimum Gasteiger partial charge on any atom is -0.360 e. The lowest BCUT2D eigenvalue weighted by atomic mass is 10.2. The van der Waals surface area contributed by atoms with Gasteiger partial charge >= 0.3 is 0 Å². The summed E-state index contributed by atoms with van der Waals surface area (Å²) in [7, 11) is 0. The van der Waals surface area contributed by atoms with Gasteiger partial charge in [-0.25, -0.2) is 4.98 Å². The highest BCUT2D eigenvalue weighted by atomic mass is 35.5. The predicted molar refractivity (Wildman–Crippen MR) is 52.9 cm³/mol. The molecule has 0 bridgehead atoms. The fourth-order valence-corrected chi connectivity index (χ4v) is 1.27. The molecule has 0 radical (unpaired) electrons. The SMILES string of the molecule is CC1=Nc2cnc(Cl)nc2NC1C. The normalized spacial score (nSPS) is 20.2. The molecule has 4 nitrogen and oxygen atoms in total. The summed E-state index contributed by atoms with van der Waals surface area (Å²) in [6.45, 7) is 3.99. The van der Waals surface area contributed by atoms with Gasteiger partial charge in [0.1, 0.15) is 5.69 Å². The standard InChI is InChI=1S/C8H9ClN4/c1-4-5(2)12-7-6(11-4)3-10-8(9)13-7/h3,5H,1-2H3,(H,10,12,13). The molecule has 13 heavy (non-hydrogen) atoms. The summed E-state index contributed by atoms with van der Waals surface area (Å²) >= 11 is 5.65.